The second kappa shape index (κ2) is 5.02. The van der Waals surface area contributed by atoms with Crippen LogP contribution in [0.3, 0.4) is 0 Å². The molecule has 0 atom stereocenters. The molecule has 0 radical (unpaired) electrons. The Morgan fingerprint density at radius 1 is 1.47 bits per heavy atom. The van der Waals surface area contributed by atoms with Crippen LogP contribution in [0.15, 0.2) is 31.2 Å². The van der Waals surface area contributed by atoms with E-state index in [-0.39, 0.29) is 6.54 Å². The number of aromatic hydroxyl groups is 1. The van der Waals surface area contributed by atoms with E-state index < -0.39 is 11.2 Å². The molecule has 0 spiro atoms. The molecule has 0 aliphatic rings. The summed E-state index contributed by atoms with van der Waals surface area (Å²) in [6.07, 6.45) is 0.997. The normalized spacial score (nSPS) is 10.6. The van der Waals surface area contributed by atoms with Crippen molar-refractivity contribution in [3.8, 4) is 5.75 Å². The van der Waals surface area contributed by atoms with E-state index in [1.807, 2.05) is 0 Å². The van der Waals surface area contributed by atoms with Gasteiger partial charge in [0.2, 0.25) is 11.3 Å². The molecule has 2 heterocycles. The van der Waals surface area contributed by atoms with Gasteiger partial charge in [-0.2, -0.15) is 0 Å². The maximum absolute atomic E-state index is 11.1. The highest BCUT2D eigenvalue weighted by atomic mass is 32.2. The van der Waals surface area contributed by atoms with Crippen molar-refractivity contribution in [1.29, 1.82) is 0 Å². The molecule has 0 saturated heterocycles. The lowest BCUT2D eigenvalue weighted by Crippen LogP contribution is -1.99. The van der Waals surface area contributed by atoms with Gasteiger partial charge in [0.05, 0.1) is 12.3 Å². The Labute approximate surface area is 99.6 Å². The van der Waals surface area contributed by atoms with Crippen LogP contribution >= 0.6 is 11.8 Å². The molecule has 3 N–H and O–H groups in total. The van der Waals surface area contributed by atoms with E-state index in [0.717, 1.165) is 6.26 Å². The first-order chi connectivity index (χ1) is 8.19. The van der Waals surface area contributed by atoms with Crippen LogP contribution < -0.4 is 11.2 Å². The van der Waals surface area contributed by atoms with E-state index in [9.17, 15) is 4.79 Å². The highest BCUT2D eigenvalue weighted by Gasteiger charge is 2.07. The highest BCUT2D eigenvalue weighted by Crippen LogP contribution is 2.21. The molecule has 2 rings (SSSR count). The summed E-state index contributed by atoms with van der Waals surface area (Å²) in [6.45, 7) is 0.182. The third-order valence-electron chi connectivity index (χ3n) is 1.83. The lowest BCUT2D eigenvalue weighted by Gasteiger charge is -1.96. The van der Waals surface area contributed by atoms with Crippen molar-refractivity contribution < 1.29 is 13.9 Å². The summed E-state index contributed by atoms with van der Waals surface area (Å²) >= 11 is 1.21. The summed E-state index contributed by atoms with van der Waals surface area (Å²) < 4.78 is 10.2. The van der Waals surface area contributed by atoms with E-state index >= 15 is 0 Å². The van der Waals surface area contributed by atoms with Crippen LogP contribution in [-0.2, 0) is 12.3 Å². The van der Waals surface area contributed by atoms with Crippen LogP contribution in [0.4, 0.5) is 0 Å². The molecule has 0 saturated carbocycles. The van der Waals surface area contributed by atoms with Gasteiger partial charge in [0.15, 0.2) is 5.75 Å². The second-order valence-electron chi connectivity index (χ2n) is 3.05. The number of hydrogen-bond acceptors (Lipinski definition) is 8. The molecule has 0 fully saturated rings. The Morgan fingerprint density at radius 2 is 2.29 bits per heavy atom. The molecule has 2 aromatic rings. The first-order valence-corrected chi connectivity index (χ1v) is 5.63. The van der Waals surface area contributed by atoms with Crippen LogP contribution in [0.1, 0.15) is 11.7 Å². The number of aromatic nitrogens is 2. The molecular formula is C9H9N3O4S. The van der Waals surface area contributed by atoms with Gasteiger partial charge in [0.1, 0.15) is 12.0 Å². The fourth-order valence-electron chi connectivity index (χ4n) is 1.03. The molecule has 0 bridgehead atoms. The molecule has 0 aromatic carbocycles. The van der Waals surface area contributed by atoms with Crippen molar-refractivity contribution in [2.45, 2.75) is 17.5 Å². The van der Waals surface area contributed by atoms with E-state index in [2.05, 4.69) is 10.2 Å². The van der Waals surface area contributed by atoms with Gasteiger partial charge in [-0.05, 0) is 0 Å². The van der Waals surface area contributed by atoms with Crippen molar-refractivity contribution in [2.75, 3.05) is 0 Å². The Balaban J connectivity index is 2.02. The predicted octanol–water partition coefficient (Wildman–Crippen LogP) is 0.479. The van der Waals surface area contributed by atoms with Crippen molar-refractivity contribution in [2.24, 2.45) is 5.73 Å². The largest absolute Gasteiger partial charge is 0.502 e. The lowest BCUT2D eigenvalue weighted by molar-refractivity contribution is 0.411. The van der Waals surface area contributed by atoms with Gasteiger partial charge in [0, 0.05) is 6.07 Å². The summed E-state index contributed by atoms with van der Waals surface area (Å²) in [5.74, 6) is 0.689. The number of nitrogens with two attached hydrogens (primary N) is 1. The Kier molecular flexibility index (Phi) is 3.45. The van der Waals surface area contributed by atoms with E-state index in [1.165, 1.54) is 17.8 Å². The lowest BCUT2D eigenvalue weighted by atomic mass is 10.4. The number of hydrogen-bond donors (Lipinski definition) is 2. The Bertz CT molecular complexity index is 565. The van der Waals surface area contributed by atoms with Gasteiger partial charge in [-0.1, -0.05) is 11.8 Å². The molecule has 17 heavy (non-hydrogen) atoms. The second-order valence-corrected chi connectivity index (χ2v) is 3.98. The topological polar surface area (TPSA) is 115 Å². The van der Waals surface area contributed by atoms with Crippen LogP contribution in [0.2, 0.25) is 0 Å². The van der Waals surface area contributed by atoms with Crippen LogP contribution in [-0.4, -0.2) is 15.3 Å². The minimum atomic E-state index is -0.486. The molecular weight excluding hydrogens is 246 g/mol. The maximum atomic E-state index is 11.1. The quantitative estimate of drug-likeness (QED) is 0.758. The fourth-order valence-corrected chi connectivity index (χ4v) is 1.70. The fraction of sp³-hybridized carbons (Fsp3) is 0.222. The van der Waals surface area contributed by atoms with Gasteiger partial charge in [0.25, 0.3) is 5.22 Å². The van der Waals surface area contributed by atoms with Crippen molar-refractivity contribution in [3.63, 3.8) is 0 Å². The van der Waals surface area contributed by atoms with Crippen molar-refractivity contribution in [1.82, 2.24) is 10.2 Å². The SMILES string of the molecule is NCc1nnc(SCc2cc(=O)c(O)co2)o1. The van der Waals surface area contributed by atoms with E-state index in [0.29, 0.717) is 22.6 Å². The zero-order valence-electron chi connectivity index (χ0n) is 8.62. The van der Waals surface area contributed by atoms with Gasteiger partial charge in [-0.3, -0.25) is 4.79 Å². The zero-order valence-corrected chi connectivity index (χ0v) is 9.44. The smallest absolute Gasteiger partial charge is 0.277 e. The van der Waals surface area contributed by atoms with E-state index in [1.54, 1.807) is 0 Å². The number of nitrogens with zero attached hydrogens (tertiary/aromatic N) is 2. The first kappa shape index (κ1) is 11.7. The molecule has 90 valence electrons. The highest BCUT2D eigenvalue weighted by molar-refractivity contribution is 7.98. The molecule has 7 nitrogen and oxygen atoms in total. The summed E-state index contributed by atoms with van der Waals surface area (Å²) in [6, 6.07) is 1.21. The third-order valence-corrected chi connectivity index (χ3v) is 2.67. The van der Waals surface area contributed by atoms with Gasteiger partial charge < -0.3 is 19.7 Å². The first-order valence-electron chi connectivity index (χ1n) is 4.65. The van der Waals surface area contributed by atoms with Crippen LogP contribution in [0.5, 0.6) is 5.75 Å². The average molecular weight is 255 g/mol. The Morgan fingerprint density at radius 3 is 2.94 bits per heavy atom. The van der Waals surface area contributed by atoms with Crippen molar-refractivity contribution in [3.05, 3.63) is 34.2 Å². The predicted molar refractivity (Wildman–Crippen MR) is 58.4 cm³/mol. The molecule has 0 unspecified atom stereocenters. The molecule has 0 aliphatic carbocycles. The zero-order chi connectivity index (χ0) is 12.3. The van der Waals surface area contributed by atoms with Crippen molar-refractivity contribution >= 4 is 11.8 Å². The molecule has 0 amide bonds. The molecule has 0 aliphatic heterocycles. The van der Waals surface area contributed by atoms with Gasteiger partial charge in [-0.25, -0.2) is 0 Å². The third kappa shape index (κ3) is 2.86. The van der Waals surface area contributed by atoms with Gasteiger partial charge in [-0.15, -0.1) is 10.2 Å². The Hall–Kier alpha value is -1.80. The maximum Gasteiger partial charge on any atom is 0.277 e. The van der Waals surface area contributed by atoms with Gasteiger partial charge >= 0.3 is 0 Å². The summed E-state index contributed by atoms with van der Waals surface area (Å²) in [5, 5.41) is 16.8. The summed E-state index contributed by atoms with van der Waals surface area (Å²) in [5.41, 5.74) is 4.83. The monoisotopic (exact) mass is 255 g/mol. The summed E-state index contributed by atoms with van der Waals surface area (Å²) in [7, 11) is 0. The van der Waals surface area contributed by atoms with Crippen LogP contribution in [0.25, 0.3) is 0 Å². The number of thioether (sulfide) groups is 1. The average Bonchev–Trinajstić information content (AvgIpc) is 2.79. The standard InChI is InChI=1S/C9H9N3O4S/c10-2-8-11-12-9(16-8)17-4-5-1-6(13)7(14)3-15-5/h1,3,14H,2,4,10H2. The van der Waals surface area contributed by atoms with E-state index in [4.69, 9.17) is 19.7 Å². The summed E-state index contributed by atoms with van der Waals surface area (Å²) in [4.78, 5) is 11.1. The minimum absolute atomic E-state index is 0.182. The minimum Gasteiger partial charge on any atom is -0.502 e. The van der Waals surface area contributed by atoms with Crippen LogP contribution in [0, 0.1) is 0 Å². The molecule has 2 aromatic heterocycles. The molecule has 8 heteroatoms. The number of rotatable bonds is 4.